The first-order valence-electron chi connectivity index (χ1n) is 8.80. The molecule has 0 saturated heterocycles. The molecule has 4 rings (SSSR count). The molecule has 0 bridgehead atoms. The van der Waals surface area contributed by atoms with Gasteiger partial charge in [-0.05, 0) is 74.2 Å². The molecule has 0 saturated carbocycles. The fourth-order valence-electron chi connectivity index (χ4n) is 3.26. The maximum Gasteiger partial charge on any atom is 0.283 e. The molecule has 0 fully saturated rings. The number of carbonyl (C=O) groups excluding carboxylic acids is 1. The van der Waals surface area contributed by atoms with Crippen LogP contribution in [0.3, 0.4) is 0 Å². The third-order valence-corrected chi connectivity index (χ3v) is 7.09. The van der Waals surface area contributed by atoms with Crippen LogP contribution < -0.4 is 0 Å². The SMILES string of the molecule is CSC1=NN2C(=N)/C(=C/c3cc(C)n(-c4ccc(C)c(Cl)c4)c3C)C(=O)N=C2S1. The lowest BCUT2D eigenvalue weighted by atomic mass is 10.1. The monoisotopic (exact) mass is 443 g/mol. The molecule has 2 aliphatic rings. The number of halogens is 1. The molecule has 1 N–H and O–H groups in total. The summed E-state index contributed by atoms with van der Waals surface area (Å²) in [5.74, 6) is -0.380. The van der Waals surface area contributed by atoms with Crippen LogP contribution in [-0.4, -0.2) is 37.1 Å². The molecule has 3 heterocycles. The summed E-state index contributed by atoms with van der Waals surface area (Å²) in [6.07, 6.45) is 3.62. The number of nitrogens with zero attached hydrogens (tertiary/aromatic N) is 4. The number of amidine groups is 2. The van der Waals surface area contributed by atoms with Crippen LogP contribution in [0, 0.1) is 26.2 Å². The zero-order chi connectivity index (χ0) is 20.9. The number of hydrogen-bond acceptors (Lipinski definition) is 5. The fraction of sp³-hybridized carbons (Fsp3) is 0.200. The number of fused-ring (bicyclic) bond motifs is 1. The normalized spacial score (nSPS) is 17.7. The van der Waals surface area contributed by atoms with Crippen molar-refractivity contribution in [2.24, 2.45) is 10.1 Å². The largest absolute Gasteiger partial charge is 0.318 e. The molecule has 0 unspecified atom stereocenters. The van der Waals surface area contributed by atoms with Gasteiger partial charge in [-0.25, -0.2) is 0 Å². The van der Waals surface area contributed by atoms with E-state index in [0.717, 1.165) is 32.6 Å². The van der Waals surface area contributed by atoms with E-state index in [1.165, 1.54) is 28.5 Å². The molecule has 0 atom stereocenters. The Hall–Kier alpha value is -2.29. The molecule has 29 heavy (non-hydrogen) atoms. The quantitative estimate of drug-likeness (QED) is 0.663. The number of thioether (sulfide) groups is 2. The van der Waals surface area contributed by atoms with Crippen molar-refractivity contribution in [2.45, 2.75) is 20.8 Å². The van der Waals surface area contributed by atoms with Crippen molar-refractivity contribution in [3.63, 3.8) is 0 Å². The Morgan fingerprint density at radius 1 is 1.24 bits per heavy atom. The first-order chi connectivity index (χ1) is 13.8. The van der Waals surface area contributed by atoms with Gasteiger partial charge in [0.1, 0.15) is 0 Å². The second-order valence-electron chi connectivity index (χ2n) is 6.69. The lowest BCUT2D eigenvalue weighted by Crippen LogP contribution is -2.35. The molecule has 1 aromatic heterocycles. The highest BCUT2D eigenvalue weighted by molar-refractivity contribution is 8.45. The Bertz CT molecular complexity index is 1160. The molecule has 6 nitrogen and oxygen atoms in total. The highest BCUT2D eigenvalue weighted by atomic mass is 35.5. The highest BCUT2D eigenvalue weighted by Gasteiger charge is 2.35. The molecule has 9 heteroatoms. The van der Waals surface area contributed by atoms with Crippen molar-refractivity contribution >= 4 is 62.5 Å². The highest BCUT2D eigenvalue weighted by Crippen LogP contribution is 2.32. The van der Waals surface area contributed by atoms with E-state index in [1.807, 2.05) is 51.3 Å². The minimum Gasteiger partial charge on any atom is -0.318 e. The smallest absolute Gasteiger partial charge is 0.283 e. The van der Waals surface area contributed by atoms with Crippen LogP contribution in [0.2, 0.25) is 5.02 Å². The molecule has 2 aromatic rings. The molecule has 0 spiro atoms. The first kappa shape index (κ1) is 20.0. The summed E-state index contributed by atoms with van der Waals surface area (Å²) in [6, 6.07) is 7.92. The third-order valence-electron chi connectivity index (χ3n) is 4.79. The van der Waals surface area contributed by atoms with Gasteiger partial charge in [0.05, 0.1) is 5.57 Å². The Morgan fingerprint density at radius 2 is 2.00 bits per heavy atom. The predicted octanol–water partition coefficient (Wildman–Crippen LogP) is 5.00. The minimum atomic E-state index is -0.422. The first-order valence-corrected chi connectivity index (χ1v) is 11.2. The van der Waals surface area contributed by atoms with Crippen molar-refractivity contribution in [2.75, 3.05) is 6.26 Å². The van der Waals surface area contributed by atoms with Crippen molar-refractivity contribution in [3.8, 4) is 5.69 Å². The van der Waals surface area contributed by atoms with Gasteiger partial charge in [0.2, 0.25) is 5.17 Å². The average molecular weight is 444 g/mol. The van der Waals surface area contributed by atoms with Gasteiger partial charge in [0.15, 0.2) is 10.2 Å². The number of rotatable bonds is 2. The summed E-state index contributed by atoms with van der Waals surface area (Å²) >= 11 is 9.08. The van der Waals surface area contributed by atoms with Gasteiger partial charge in [0, 0.05) is 22.1 Å². The number of carbonyl (C=O) groups is 1. The van der Waals surface area contributed by atoms with E-state index in [-0.39, 0.29) is 11.4 Å². The molecule has 148 valence electrons. The Kier molecular flexibility index (Phi) is 5.18. The molecule has 0 aliphatic carbocycles. The van der Waals surface area contributed by atoms with Crippen LogP contribution in [0.25, 0.3) is 11.8 Å². The third kappa shape index (κ3) is 3.45. The van der Waals surface area contributed by atoms with Crippen LogP contribution in [0.5, 0.6) is 0 Å². The predicted molar refractivity (Wildman–Crippen MR) is 124 cm³/mol. The minimum absolute atomic E-state index is 0.0414. The van der Waals surface area contributed by atoms with Gasteiger partial charge in [-0.1, -0.05) is 17.7 Å². The number of aliphatic imine (C=N–C) groups is 1. The molecule has 0 radical (unpaired) electrons. The standard InChI is InChI=1S/C20H18ClN5OS2/c1-10-5-6-14(9-16(10)21)25-11(2)7-13(12(25)3)8-15-17(22)26-19(23-18(15)27)29-20(24-26)28-4/h5-9,22H,1-4H3/b15-8-,22-17?. The maximum absolute atomic E-state index is 12.6. The second kappa shape index (κ2) is 7.51. The van der Waals surface area contributed by atoms with Crippen LogP contribution in [0.4, 0.5) is 0 Å². The van der Waals surface area contributed by atoms with E-state index in [9.17, 15) is 4.79 Å². The summed E-state index contributed by atoms with van der Waals surface area (Å²) in [7, 11) is 0. The summed E-state index contributed by atoms with van der Waals surface area (Å²) in [6.45, 7) is 5.95. The van der Waals surface area contributed by atoms with Gasteiger partial charge in [-0.2, -0.15) is 10.0 Å². The summed E-state index contributed by atoms with van der Waals surface area (Å²) in [5, 5.41) is 15.4. The lowest BCUT2D eigenvalue weighted by molar-refractivity contribution is -0.114. The van der Waals surface area contributed by atoms with Crippen LogP contribution in [0.15, 0.2) is 39.9 Å². The topological polar surface area (TPSA) is 73.8 Å². The number of aryl methyl sites for hydroxylation is 2. The van der Waals surface area contributed by atoms with E-state index in [4.69, 9.17) is 17.0 Å². The molecular formula is C20H18ClN5OS2. The maximum atomic E-state index is 12.6. The average Bonchev–Trinajstić information content (AvgIpc) is 3.21. The summed E-state index contributed by atoms with van der Waals surface area (Å²) in [4.78, 5) is 16.7. The summed E-state index contributed by atoms with van der Waals surface area (Å²) in [5.41, 5.74) is 5.01. The zero-order valence-electron chi connectivity index (χ0n) is 16.3. The molecular weight excluding hydrogens is 426 g/mol. The van der Waals surface area contributed by atoms with Gasteiger partial charge < -0.3 is 4.57 Å². The Balaban J connectivity index is 1.76. The molecule has 1 amide bonds. The van der Waals surface area contributed by atoms with Crippen molar-refractivity contribution in [3.05, 3.63) is 57.4 Å². The van der Waals surface area contributed by atoms with Gasteiger partial charge >= 0.3 is 0 Å². The van der Waals surface area contributed by atoms with Gasteiger partial charge in [-0.3, -0.25) is 10.2 Å². The number of amides is 1. The second-order valence-corrected chi connectivity index (χ2v) is 9.10. The number of nitrogens with one attached hydrogen (secondary N) is 1. The van der Waals surface area contributed by atoms with Crippen LogP contribution in [-0.2, 0) is 4.79 Å². The van der Waals surface area contributed by atoms with Gasteiger partial charge in [0.25, 0.3) is 5.91 Å². The van der Waals surface area contributed by atoms with E-state index < -0.39 is 5.91 Å². The zero-order valence-corrected chi connectivity index (χ0v) is 18.7. The lowest BCUT2D eigenvalue weighted by Gasteiger charge is -2.20. The number of aromatic nitrogens is 1. The van der Waals surface area contributed by atoms with E-state index in [1.54, 1.807) is 6.08 Å². The molecule has 2 aliphatic heterocycles. The van der Waals surface area contributed by atoms with E-state index in [0.29, 0.717) is 10.2 Å². The van der Waals surface area contributed by atoms with Crippen LogP contribution in [0.1, 0.15) is 22.5 Å². The fourth-order valence-corrected chi connectivity index (χ4v) is 4.79. The van der Waals surface area contributed by atoms with Crippen molar-refractivity contribution in [1.82, 2.24) is 9.58 Å². The number of hydrogen-bond donors (Lipinski definition) is 1. The van der Waals surface area contributed by atoms with Crippen molar-refractivity contribution in [1.29, 1.82) is 5.41 Å². The van der Waals surface area contributed by atoms with Crippen LogP contribution >= 0.6 is 35.1 Å². The van der Waals surface area contributed by atoms with Gasteiger partial charge in [-0.15, -0.1) is 16.9 Å². The Labute approximate surface area is 182 Å². The summed E-state index contributed by atoms with van der Waals surface area (Å²) < 4.78 is 2.84. The van der Waals surface area contributed by atoms with E-state index in [2.05, 4.69) is 14.7 Å². The number of benzene rings is 1. The van der Waals surface area contributed by atoms with E-state index >= 15 is 0 Å². The van der Waals surface area contributed by atoms with Crippen molar-refractivity contribution < 1.29 is 4.79 Å². The number of hydrazone groups is 1. The molecule has 1 aromatic carbocycles. The Morgan fingerprint density at radius 3 is 2.69 bits per heavy atom.